The minimum atomic E-state index is -0.544. The van der Waals surface area contributed by atoms with Crippen LogP contribution < -0.4 is 16.4 Å². The van der Waals surface area contributed by atoms with Gasteiger partial charge >= 0.3 is 12.1 Å². The summed E-state index contributed by atoms with van der Waals surface area (Å²) in [5.41, 5.74) is 10.0. The molecular weight excluding hydrogens is 536 g/mol. The highest BCUT2D eigenvalue weighted by molar-refractivity contribution is 5.92. The first-order chi connectivity index (χ1) is 20.1. The average molecular weight is 575 g/mol. The Bertz CT molecular complexity index is 1420. The number of aromatic nitrogens is 3. The molecule has 2 amide bonds. The van der Waals surface area contributed by atoms with Crippen LogP contribution in [0.15, 0.2) is 54.6 Å². The molecule has 42 heavy (non-hydrogen) atoms. The van der Waals surface area contributed by atoms with Gasteiger partial charge in [-0.1, -0.05) is 30.3 Å². The van der Waals surface area contributed by atoms with Crippen LogP contribution in [0.4, 0.5) is 32.9 Å². The molecule has 0 radical (unpaired) electrons. The van der Waals surface area contributed by atoms with Crippen molar-refractivity contribution in [3.8, 4) is 0 Å². The Morgan fingerprint density at radius 1 is 1.00 bits per heavy atom. The molecule has 1 saturated heterocycles. The predicted octanol–water partition coefficient (Wildman–Crippen LogP) is 4.54. The van der Waals surface area contributed by atoms with Crippen molar-refractivity contribution >= 4 is 41.0 Å². The number of amides is 2. The molecule has 0 unspecified atom stereocenters. The summed E-state index contributed by atoms with van der Waals surface area (Å²) in [6.07, 6.45) is 2.54. The van der Waals surface area contributed by atoms with Crippen molar-refractivity contribution in [1.29, 1.82) is 0 Å². The molecule has 2 aromatic carbocycles. The van der Waals surface area contributed by atoms with Crippen LogP contribution in [0, 0.1) is 0 Å². The lowest BCUT2D eigenvalue weighted by Gasteiger charge is -2.30. The molecule has 1 aromatic heterocycles. The van der Waals surface area contributed by atoms with Crippen molar-refractivity contribution in [3.63, 3.8) is 0 Å². The van der Waals surface area contributed by atoms with Gasteiger partial charge in [-0.3, -0.25) is 4.90 Å². The number of rotatable bonds is 6. The van der Waals surface area contributed by atoms with E-state index in [1.807, 2.05) is 57.2 Å². The number of carbonyl (C=O) groups excluding carboxylic acids is 2. The average Bonchev–Trinajstić information content (AvgIpc) is 3.34. The lowest BCUT2D eigenvalue weighted by Crippen LogP contribution is -2.39. The number of morpholine rings is 1. The van der Waals surface area contributed by atoms with E-state index in [0.29, 0.717) is 18.8 Å². The summed E-state index contributed by atoms with van der Waals surface area (Å²) in [6, 6.07) is 14.9. The Kier molecular flexibility index (Phi) is 8.74. The van der Waals surface area contributed by atoms with E-state index < -0.39 is 11.6 Å². The maximum absolute atomic E-state index is 12.9. The van der Waals surface area contributed by atoms with Gasteiger partial charge in [-0.25, -0.2) is 9.59 Å². The third kappa shape index (κ3) is 7.65. The zero-order valence-corrected chi connectivity index (χ0v) is 24.3. The molecule has 4 N–H and O–H groups in total. The van der Waals surface area contributed by atoms with Crippen LogP contribution in [-0.2, 0) is 16.0 Å². The van der Waals surface area contributed by atoms with Crippen LogP contribution in [0.2, 0.25) is 0 Å². The molecule has 3 heterocycles. The molecule has 0 saturated carbocycles. The lowest BCUT2D eigenvalue weighted by molar-refractivity contribution is 0.0273. The Hall–Kier alpha value is -4.42. The van der Waals surface area contributed by atoms with Crippen LogP contribution >= 0.6 is 0 Å². The molecule has 2 aliphatic rings. The monoisotopic (exact) mass is 574 g/mol. The number of hydrogen-bond acceptors (Lipinski definition) is 9. The van der Waals surface area contributed by atoms with Gasteiger partial charge in [-0.2, -0.15) is 4.98 Å². The molecule has 222 valence electrons. The van der Waals surface area contributed by atoms with E-state index in [-0.39, 0.29) is 18.0 Å². The van der Waals surface area contributed by atoms with E-state index in [1.54, 1.807) is 17.0 Å². The van der Waals surface area contributed by atoms with Crippen molar-refractivity contribution in [2.45, 2.75) is 39.3 Å². The second-order valence-corrected chi connectivity index (χ2v) is 11.3. The molecule has 12 heteroatoms. The van der Waals surface area contributed by atoms with Gasteiger partial charge in [0.1, 0.15) is 5.60 Å². The molecule has 1 fully saturated rings. The van der Waals surface area contributed by atoms with Crippen molar-refractivity contribution in [2.75, 3.05) is 55.8 Å². The van der Waals surface area contributed by atoms with Crippen molar-refractivity contribution < 1.29 is 19.1 Å². The van der Waals surface area contributed by atoms with Crippen molar-refractivity contribution in [1.82, 2.24) is 24.6 Å². The van der Waals surface area contributed by atoms with E-state index in [2.05, 4.69) is 31.7 Å². The first-order valence-corrected chi connectivity index (χ1v) is 14.1. The fourth-order valence-corrected chi connectivity index (χ4v) is 4.75. The van der Waals surface area contributed by atoms with Gasteiger partial charge in [-0.15, -0.1) is 9.78 Å². The SMILES string of the molecule is CC(C)(C)OC(=O)N1CCC=C(c2ccc(NC(=O)n3nc(Nc4ccc(CN5CCOCC5)cc4)nc3N)cc2)C1. The first-order valence-electron chi connectivity index (χ1n) is 14.1. The summed E-state index contributed by atoms with van der Waals surface area (Å²) in [5.74, 6) is 0.183. The number of anilines is 4. The van der Waals surface area contributed by atoms with E-state index in [4.69, 9.17) is 15.2 Å². The van der Waals surface area contributed by atoms with Crippen LogP contribution in [0.25, 0.3) is 5.57 Å². The fourth-order valence-electron chi connectivity index (χ4n) is 4.75. The Morgan fingerprint density at radius 3 is 2.38 bits per heavy atom. The zero-order chi connectivity index (χ0) is 29.7. The summed E-state index contributed by atoms with van der Waals surface area (Å²) in [6.45, 7) is 10.9. The second-order valence-electron chi connectivity index (χ2n) is 11.3. The Balaban J connectivity index is 1.16. The quantitative estimate of drug-likeness (QED) is 0.387. The van der Waals surface area contributed by atoms with Gasteiger partial charge in [0.2, 0.25) is 11.9 Å². The van der Waals surface area contributed by atoms with Crippen molar-refractivity contribution in [2.24, 2.45) is 0 Å². The molecule has 0 aliphatic carbocycles. The first kappa shape index (κ1) is 29.1. The Labute approximate surface area is 245 Å². The third-order valence-corrected chi connectivity index (χ3v) is 6.85. The lowest BCUT2D eigenvalue weighted by atomic mass is 10.0. The number of benzene rings is 2. The standard InChI is InChI=1S/C30H38N8O4/c1-30(2,3)42-29(40)37-14-4-5-23(20-37)22-8-12-25(13-9-22)33-28(39)38-26(31)34-27(35-38)32-24-10-6-21(7-11-24)19-36-15-17-41-18-16-36/h5-13H,4,14-20H2,1-3H3,(H,33,39)(H3,31,32,34,35). The maximum atomic E-state index is 12.9. The molecule has 12 nitrogen and oxygen atoms in total. The second kappa shape index (κ2) is 12.6. The molecular formula is C30H38N8O4. The molecule has 2 aliphatic heterocycles. The zero-order valence-electron chi connectivity index (χ0n) is 24.3. The minimum Gasteiger partial charge on any atom is -0.444 e. The minimum absolute atomic E-state index is 0.0369. The van der Waals surface area contributed by atoms with E-state index in [9.17, 15) is 9.59 Å². The van der Waals surface area contributed by atoms with Crippen LogP contribution in [0.1, 0.15) is 38.3 Å². The molecule has 3 aromatic rings. The van der Waals surface area contributed by atoms with Gasteiger partial charge in [0.25, 0.3) is 0 Å². The summed E-state index contributed by atoms with van der Waals surface area (Å²) in [4.78, 5) is 33.7. The van der Waals surface area contributed by atoms with E-state index in [1.165, 1.54) is 5.56 Å². The molecule has 0 bridgehead atoms. The highest BCUT2D eigenvalue weighted by Crippen LogP contribution is 2.24. The Morgan fingerprint density at radius 2 is 1.69 bits per heavy atom. The third-order valence-electron chi connectivity index (χ3n) is 6.85. The smallest absolute Gasteiger partial charge is 0.410 e. The fraction of sp³-hybridized carbons (Fsp3) is 0.400. The number of nitrogens with zero attached hydrogens (tertiary/aromatic N) is 5. The summed E-state index contributed by atoms with van der Waals surface area (Å²) in [7, 11) is 0. The van der Waals surface area contributed by atoms with Gasteiger partial charge in [0, 0.05) is 44.1 Å². The van der Waals surface area contributed by atoms with Gasteiger partial charge in [0.05, 0.1) is 13.2 Å². The van der Waals surface area contributed by atoms with Gasteiger partial charge in [-0.05, 0) is 68.2 Å². The predicted molar refractivity (Wildman–Crippen MR) is 162 cm³/mol. The number of nitrogens with one attached hydrogen (secondary N) is 2. The highest BCUT2D eigenvalue weighted by atomic mass is 16.6. The number of nitrogens with two attached hydrogens (primary N) is 1. The van der Waals surface area contributed by atoms with Gasteiger partial charge in [0.15, 0.2) is 0 Å². The molecule has 0 spiro atoms. The summed E-state index contributed by atoms with van der Waals surface area (Å²) in [5, 5.41) is 10.1. The van der Waals surface area contributed by atoms with Crippen molar-refractivity contribution in [3.05, 3.63) is 65.7 Å². The van der Waals surface area contributed by atoms with Gasteiger partial charge < -0.3 is 30.7 Å². The summed E-state index contributed by atoms with van der Waals surface area (Å²) < 4.78 is 11.9. The van der Waals surface area contributed by atoms with Crippen LogP contribution in [0.3, 0.4) is 0 Å². The normalized spacial score (nSPS) is 16.1. The number of nitrogen functional groups attached to an aromatic ring is 1. The maximum Gasteiger partial charge on any atom is 0.410 e. The van der Waals surface area contributed by atoms with Crippen LogP contribution in [0.5, 0.6) is 0 Å². The highest BCUT2D eigenvalue weighted by Gasteiger charge is 2.25. The summed E-state index contributed by atoms with van der Waals surface area (Å²) >= 11 is 0. The van der Waals surface area contributed by atoms with E-state index in [0.717, 1.165) is 60.8 Å². The number of carbonyl (C=O) groups is 2. The largest absolute Gasteiger partial charge is 0.444 e. The van der Waals surface area contributed by atoms with E-state index >= 15 is 0 Å². The molecule has 5 rings (SSSR count). The number of ether oxygens (including phenoxy) is 2. The topological polar surface area (TPSA) is 140 Å². The number of hydrogen-bond donors (Lipinski definition) is 3. The van der Waals surface area contributed by atoms with Crippen LogP contribution in [-0.4, -0.2) is 81.7 Å². The molecule has 0 atom stereocenters.